The SMILES string of the molecule is Cn1cc(C(=O)N2CCCC23CCCN(Cc2ccccn2)C3=O)ccc1=O. The largest absolute Gasteiger partial charge is 0.335 e. The van der Waals surface area contributed by atoms with Crippen molar-refractivity contribution in [1.29, 1.82) is 0 Å². The normalized spacial score (nSPS) is 22.1. The van der Waals surface area contributed by atoms with Crippen LogP contribution in [0.25, 0.3) is 0 Å². The summed E-state index contributed by atoms with van der Waals surface area (Å²) in [4.78, 5) is 46.2. The third-order valence-electron chi connectivity index (χ3n) is 5.85. The van der Waals surface area contributed by atoms with Crippen molar-refractivity contribution < 1.29 is 9.59 Å². The van der Waals surface area contributed by atoms with Crippen LogP contribution in [-0.2, 0) is 18.4 Å². The first-order chi connectivity index (χ1) is 13.5. The Morgan fingerprint density at radius 1 is 1.11 bits per heavy atom. The number of aryl methyl sites for hydroxylation is 1. The minimum Gasteiger partial charge on any atom is -0.335 e. The molecule has 2 aromatic rings. The lowest BCUT2D eigenvalue weighted by molar-refractivity contribution is -0.146. The summed E-state index contributed by atoms with van der Waals surface area (Å²) in [5.41, 5.74) is 0.349. The molecule has 2 aliphatic heterocycles. The van der Waals surface area contributed by atoms with Crippen molar-refractivity contribution in [3.8, 4) is 0 Å². The van der Waals surface area contributed by atoms with Crippen LogP contribution in [0.5, 0.6) is 0 Å². The van der Waals surface area contributed by atoms with Gasteiger partial charge >= 0.3 is 0 Å². The van der Waals surface area contributed by atoms with Crippen LogP contribution in [0.3, 0.4) is 0 Å². The van der Waals surface area contributed by atoms with E-state index in [9.17, 15) is 14.4 Å². The Morgan fingerprint density at radius 3 is 2.61 bits per heavy atom. The van der Waals surface area contributed by atoms with Gasteiger partial charge in [0.1, 0.15) is 5.54 Å². The second-order valence-corrected chi connectivity index (χ2v) is 7.61. The van der Waals surface area contributed by atoms with E-state index in [-0.39, 0.29) is 17.4 Å². The predicted octanol–water partition coefficient (Wildman–Crippen LogP) is 1.58. The molecule has 146 valence electrons. The van der Waals surface area contributed by atoms with Gasteiger partial charge in [0.15, 0.2) is 0 Å². The molecule has 0 aromatic carbocycles. The maximum absolute atomic E-state index is 13.5. The Morgan fingerprint density at radius 2 is 1.89 bits per heavy atom. The van der Waals surface area contributed by atoms with E-state index in [1.165, 1.54) is 10.6 Å². The number of hydrogen-bond donors (Lipinski definition) is 0. The molecule has 2 saturated heterocycles. The Bertz CT molecular complexity index is 956. The zero-order chi connectivity index (χ0) is 19.7. The zero-order valence-electron chi connectivity index (χ0n) is 16.0. The van der Waals surface area contributed by atoms with Gasteiger partial charge in [-0.1, -0.05) is 6.07 Å². The fourth-order valence-electron chi connectivity index (χ4n) is 4.44. The number of carbonyl (C=O) groups excluding carboxylic acids is 2. The van der Waals surface area contributed by atoms with Crippen molar-refractivity contribution in [2.75, 3.05) is 13.1 Å². The molecule has 2 fully saturated rings. The minimum absolute atomic E-state index is 0.0140. The number of nitrogens with zero attached hydrogens (tertiary/aromatic N) is 4. The molecule has 2 aliphatic rings. The van der Waals surface area contributed by atoms with E-state index in [0.29, 0.717) is 38.0 Å². The van der Waals surface area contributed by atoms with Crippen molar-refractivity contribution in [2.24, 2.45) is 7.05 Å². The van der Waals surface area contributed by atoms with E-state index in [4.69, 9.17) is 0 Å². The zero-order valence-corrected chi connectivity index (χ0v) is 16.0. The molecule has 0 radical (unpaired) electrons. The fraction of sp³-hybridized carbons (Fsp3) is 0.429. The first kappa shape index (κ1) is 18.4. The van der Waals surface area contributed by atoms with Crippen LogP contribution in [0.1, 0.15) is 41.7 Å². The molecule has 7 heteroatoms. The Labute approximate surface area is 163 Å². The number of aromatic nitrogens is 2. The van der Waals surface area contributed by atoms with Crippen molar-refractivity contribution in [3.63, 3.8) is 0 Å². The van der Waals surface area contributed by atoms with E-state index >= 15 is 0 Å². The first-order valence-electron chi connectivity index (χ1n) is 9.69. The van der Waals surface area contributed by atoms with Gasteiger partial charge in [0, 0.05) is 38.6 Å². The summed E-state index contributed by atoms with van der Waals surface area (Å²) in [5.74, 6) is -0.166. The maximum Gasteiger partial charge on any atom is 0.256 e. The lowest BCUT2D eigenvalue weighted by Crippen LogP contribution is -2.61. The summed E-state index contributed by atoms with van der Waals surface area (Å²) in [7, 11) is 1.62. The quantitative estimate of drug-likeness (QED) is 0.810. The molecule has 0 aliphatic carbocycles. The number of rotatable bonds is 3. The smallest absolute Gasteiger partial charge is 0.256 e. The highest BCUT2D eigenvalue weighted by Crippen LogP contribution is 2.39. The predicted molar refractivity (Wildman–Crippen MR) is 104 cm³/mol. The molecule has 28 heavy (non-hydrogen) atoms. The van der Waals surface area contributed by atoms with Gasteiger partial charge in [-0.25, -0.2) is 0 Å². The third-order valence-corrected chi connectivity index (χ3v) is 5.85. The summed E-state index contributed by atoms with van der Waals surface area (Å²) in [5, 5.41) is 0. The van der Waals surface area contributed by atoms with Crippen molar-refractivity contribution in [3.05, 3.63) is 64.3 Å². The highest BCUT2D eigenvalue weighted by molar-refractivity contribution is 5.99. The van der Waals surface area contributed by atoms with E-state index < -0.39 is 5.54 Å². The summed E-state index contributed by atoms with van der Waals surface area (Å²) >= 11 is 0. The molecule has 4 heterocycles. The molecule has 2 aromatic heterocycles. The Kier molecular flexibility index (Phi) is 4.75. The van der Waals surface area contributed by atoms with Crippen molar-refractivity contribution in [2.45, 2.75) is 37.8 Å². The number of pyridine rings is 2. The molecule has 0 N–H and O–H groups in total. The van der Waals surface area contributed by atoms with Gasteiger partial charge in [-0.2, -0.15) is 0 Å². The van der Waals surface area contributed by atoms with Crippen LogP contribution >= 0.6 is 0 Å². The second-order valence-electron chi connectivity index (χ2n) is 7.61. The third kappa shape index (κ3) is 3.10. The highest BCUT2D eigenvalue weighted by atomic mass is 16.2. The molecule has 7 nitrogen and oxygen atoms in total. The Balaban J connectivity index is 1.61. The second kappa shape index (κ2) is 7.22. The molecule has 2 amide bonds. The maximum atomic E-state index is 13.5. The number of piperidine rings is 1. The average molecular weight is 380 g/mol. The lowest BCUT2D eigenvalue weighted by Gasteiger charge is -2.44. The average Bonchev–Trinajstić information content (AvgIpc) is 3.12. The summed E-state index contributed by atoms with van der Waals surface area (Å²) in [6.07, 6.45) is 6.31. The molecular formula is C21H24N4O3. The van der Waals surface area contributed by atoms with Crippen LogP contribution in [0.2, 0.25) is 0 Å². The highest BCUT2D eigenvalue weighted by Gasteiger charge is 2.52. The summed E-state index contributed by atoms with van der Waals surface area (Å²) in [6, 6.07) is 8.63. The van der Waals surface area contributed by atoms with Gasteiger partial charge < -0.3 is 14.4 Å². The first-order valence-corrected chi connectivity index (χ1v) is 9.69. The van der Waals surface area contributed by atoms with E-state index in [0.717, 1.165) is 18.5 Å². The van der Waals surface area contributed by atoms with E-state index in [1.807, 2.05) is 23.1 Å². The van der Waals surface area contributed by atoms with Crippen LogP contribution in [-0.4, -0.2) is 49.8 Å². The van der Waals surface area contributed by atoms with Gasteiger partial charge in [-0.05, 0) is 43.9 Å². The number of carbonyl (C=O) groups is 2. The van der Waals surface area contributed by atoms with Gasteiger partial charge in [0.25, 0.3) is 5.91 Å². The number of amides is 2. The van der Waals surface area contributed by atoms with Crippen LogP contribution in [0.15, 0.2) is 47.5 Å². The van der Waals surface area contributed by atoms with Crippen LogP contribution in [0.4, 0.5) is 0 Å². The topological polar surface area (TPSA) is 75.5 Å². The van der Waals surface area contributed by atoms with Crippen LogP contribution < -0.4 is 5.56 Å². The standard InChI is InChI=1S/C21H24N4O3/c1-23-14-16(7-8-18(23)26)19(27)25-13-5-10-21(25)9-4-12-24(20(21)28)15-17-6-2-3-11-22-17/h2-3,6-8,11,14H,4-5,9-10,12-13,15H2,1H3. The fourth-order valence-corrected chi connectivity index (χ4v) is 4.44. The molecule has 1 atom stereocenters. The van der Waals surface area contributed by atoms with E-state index in [1.54, 1.807) is 30.4 Å². The van der Waals surface area contributed by atoms with Gasteiger partial charge in [0.2, 0.25) is 11.5 Å². The van der Waals surface area contributed by atoms with Gasteiger partial charge in [-0.3, -0.25) is 19.4 Å². The molecule has 4 rings (SSSR count). The van der Waals surface area contributed by atoms with Gasteiger partial charge in [-0.15, -0.1) is 0 Å². The van der Waals surface area contributed by atoms with Crippen molar-refractivity contribution >= 4 is 11.8 Å². The minimum atomic E-state index is -0.779. The summed E-state index contributed by atoms with van der Waals surface area (Å²) in [6.45, 7) is 1.70. The number of hydrogen-bond acceptors (Lipinski definition) is 4. The van der Waals surface area contributed by atoms with Gasteiger partial charge in [0.05, 0.1) is 17.8 Å². The molecule has 0 bridgehead atoms. The monoisotopic (exact) mass is 380 g/mol. The number of likely N-dealkylation sites (tertiary alicyclic amines) is 2. The lowest BCUT2D eigenvalue weighted by atomic mass is 9.85. The van der Waals surface area contributed by atoms with E-state index in [2.05, 4.69) is 4.98 Å². The molecule has 1 unspecified atom stereocenters. The molecular weight excluding hydrogens is 356 g/mol. The Hall–Kier alpha value is -2.96. The van der Waals surface area contributed by atoms with Crippen molar-refractivity contribution in [1.82, 2.24) is 19.4 Å². The molecule has 1 spiro atoms. The summed E-state index contributed by atoms with van der Waals surface area (Å²) < 4.78 is 1.39. The molecule has 0 saturated carbocycles. The van der Waals surface area contributed by atoms with Crippen LogP contribution in [0, 0.1) is 0 Å².